The maximum absolute atomic E-state index is 14.5. The molecule has 1 saturated carbocycles. The number of anilines is 1. The Kier molecular flexibility index (Phi) is 15.4. The van der Waals surface area contributed by atoms with Gasteiger partial charge < -0.3 is 40.3 Å². The summed E-state index contributed by atoms with van der Waals surface area (Å²) in [5.41, 5.74) is 5.48. The number of aliphatic hydroxyl groups is 1. The van der Waals surface area contributed by atoms with Crippen molar-refractivity contribution in [1.29, 1.82) is 0 Å². The molecule has 5 N–H and O–H groups in total. The van der Waals surface area contributed by atoms with E-state index in [2.05, 4.69) is 36.2 Å². The van der Waals surface area contributed by atoms with E-state index in [9.17, 15) is 37.9 Å². The Morgan fingerprint density at radius 2 is 1.65 bits per heavy atom. The number of hydrogen-bond acceptors (Lipinski definition) is 12. The van der Waals surface area contributed by atoms with Crippen LogP contribution in [0.4, 0.5) is 14.5 Å². The molecule has 2 saturated heterocycles. The number of β-amino-alcohol motifs (C(OH)–C–C–N with tert-alkyl or cyclic N) is 1. The molecule has 4 aliphatic rings. The van der Waals surface area contributed by atoms with Crippen LogP contribution in [0.3, 0.4) is 0 Å². The molecule has 3 aromatic heterocycles. The van der Waals surface area contributed by atoms with E-state index < -0.39 is 58.6 Å². The van der Waals surface area contributed by atoms with E-state index in [4.69, 9.17) is 9.47 Å². The fourth-order valence-electron chi connectivity index (χ4n) is 10.8. The molecular weight excluding hydrogens is 987 g/mol. The van der Waals surface area contributed by atoms with E-state index in [-0.39, 0.29) is 101 Å². The highest BCUT2D eigenvalue weighted by molar-refractivity contribution is 7.13. The molecule has 75 heavy (non-hydrogen) atoms. The van der Waals surface area contributed by atoms with Crippen LogP contribution in [-0.2, 0) is 41.5 Å². The molecule has 0 bridgehead atoms. The fraction of sp³-hybridized carbons (Fsp3) is 0.519. The van der Waals surface area contributed by atoms with Gasteiger partial charge in [0, 0.05) is 73.6 Å². The Hall–Kier alpha value is -6.42. The highest BCUT2D eigenvalue weighted by Crippen LogP contribution is 2.70. The predicted octanol–water partition coefficient (Wildman–Crippen LogP) is 5.89. The number of aromatic nitrogens is 5. The largest absolute Gasteiger partial charge is 0.391 e. The lowest BCUT2D eigenvalue weighted by Crippen LogP contribution is -2.58. The van der Waals surface area contributed by atoms with Gasteiger partial charge in [0.25, 0.3) is 11.8 Å². The number of likely N-dealkylation sites (tertiary alicyclic amines) is 2. The number of hydrogen-bond donors (Lipinski definition) is 5. The standard InChI is InChI=1S/C54H66F2N10O8S/c1-31(33-12-14-35(15-13-33)47-32(2)57-30-75-47)59-49(70)41-22-38(67)29-65(41)51(72)48(52(3,4)5)61-43(68)16-18-73-20-21-74-19-17-44(69)64-26-36(27-64)46(34-10-8-7-9-11-34)66-28-37(25-58-66)60-50(71)45-39-23-42-53(6,54(42,55)56)24-40(39)62-63-45/h7-15,25,28,30-31,36,38,41-42,46,48,67H,16-24,26-27,29H2,1-6H3,(H,59,70)(H,60,71)(H,61,68)(H,62,63)/t31-,38+,41-,42-,46+,48+,53+/m0/s1. The zero-order chi connectivity index (χ0) is 53.4. The van der Waals surface area contributed by atoms with Crippen molar-refractivity contribution < 1.29 is 47.3 Å². The van der Waals surface area contributed by atoms with Crippen LogP contribution in [0.15, 0.2) is 72.5 Å². The number of aliphatic hydroxyl groups excluding tert-OH is 1. The third-order valence-electron chi connectivity index (χ3n) is 15.4. The van der Waals surface area contributed by atoms with Gasteiger partial charge in [-0.2, -0.15) is 10.2 Å². The molecule has 0 unspecified atom stereocenters. The van der Waals surface area contributed by atoms with Crippen LogP contribution in [-0.4, -0.2) is 140 Å². The van der Waals surface area contributed by atoms with Gasteiger partial charge in [-0.3, -0.25) is 33.8 Å². The van der Waals surface area contributed by atoms with Gasteiger partial charge >= 0.3 is 0 Å². The average Bonchev–Trinajstić information content (AvgIpc) is 4.18. The summed E-state index contributed by atoms with van der Waals surface area (Å²) in [5.74, 6) is -5.37. The number of carbonyl (C=O) groups excluding carboxylic acids is 5. The Bertz CT molecular complexity index is 2880. The smallest absolute Gasteiger partial charge is 0.276 e. The Morgan fingerprint density at radius 1 is 0.947 bits per heavy atom. The van der Waals surface area contributed by atoms with Gasteiger partial charge in [0.2, 0.25) is 23.6 Å². The maximum atomic E-state index is 14.5. The first-order valence-corrected chi connectivity index (χ1v) is 26.5. The van der Waals surface area contributed by atoms with Crippen molar-refractivity contribution >= 4 is 46.6 Å². The normalized spacial score (nSPS) is 22.1. The number of H-pyrrole nitrogens is 1. The third kappa shape index (κ3) is 11.3. The second kappa shape index (κ2) is 21.7. The zero-order valence-corrected chi connectivity index (χ0v) is 43.9. The number of halogens is 2. The fourth-order valence-corrected chi connectivity index (χ4v) is 11.6. The summed E-state index contributed by atoms with van der Waals surface area (Å²) in [5, 5.41) is 31.0. The topological polar surface area (TPSA) is 226 Å². The average molecular weight is 1050 g/mol. The van der Waals surface area contributed by atoms with E-state index in [1.54, 1.807) is 39.5 Å². The summed E-state index contributed by atoms with van der Waals surface area (Å²) in [7, 11) is 0. The van der Waals surface area contributed by atoms with Gasteiger partial charge in [-0.1, -0.05) is 82.3 Å². The van der Waals surface area contributed by atoms with Gasteiger partial charge in [0.1, 0.15) is 12.1 Å². The summed E-state index contributed by atoms with van der Waals surface area (Å²) in [6.07, 6.45) is 2.81. The molecule has 400 valence electrons. The third-order valence-corrected chi connectivity index (χ3v) is 16.3. The van der Waals surface area contributed by atoms with Crippen molar-refractivity contribution in [3.63, 3.8) is 0 Å². The number of nitrogens with one attached hydrogen (secondary N) is 4. The zero-order valence-electron chi connectivity index (χ0n) is 43.1. The number of amides is 5. The van der Waals surface area contributed by atoms with Crippen LogP contribution in [0, 0.1) is 29.6 Å². The molecule has 7 atom stereocenters. The summed E-state index contributed by atoms with van der Waals surface area (Å²) in [6.45, 7) is 12.4. The van der Waals surface area contributed by atoms with E-state index in [0.29, 0.717) is 30.0 Å². The summed E-state index contributed by atoms with van der Waals surface area (Å²) in [6, 6.07) is 15.2. The van der Waals surface area contributed by atoms with E-state index in [1.807, 2.05) is 89.2 Å². The molecule has 2 aromatic carbocycles. The van der Waals surface area contributed by atoms with Crippen molar-refractivity contribution in [2.45, 2.75) is 110 Å². The molecule has 0 spiro atoms. The number of carbonyl (C=O) groups is 5. The summed E-state index contributed by atoms with van der Waals surface area (Å²) >= 11 is 1.56. The van der Waals surface area contributed by atoms with E-state index in [1.165, 1.54) is 11.1 Å². The Morgan fingerprint density at radius 3 is 2.33 bits per heavy atom. The Labute approximate surface area is 438 Å². The van der Waals surface area contributed by atoms with Crippen LogP contribution in [0.25, 0.3) is 10.4 Å². The molecule has 5 heterocycles. The highest BCUT2D eigenvalue weighted by Gasteiger charge is 2.78. The number of nitrogens with zero attached hydrogens (tertiary/aromatic N) is 6. The lowest BCUT2D eigenvalue weighted by atomic mass is 9.85. The predicted molar refractivity (Wildman–Crippen MR) is 275 cm³/mol. The van der Waals surface area contributed by atoms with Crippen LogP contribution < -0.4 is 16.0 Å². The molecule has 3 fully saturated rings. The van der Waals surface area contributed by atoms with Gasteiger partial charge in [0.05, 0.1) is 79.0 Å². The summed E-state index contributed by atoms with van der Waals surface area (Å²) in [4.78, 5) is 76.1. The van der Waals surface area contributed by atoms with Crippen LogP contribution in [0.2, 0.25) is 0 Å². The number of benzene rings is 2. The van der Waals surface area contributed by atoms with Gasteiger partial charge in [-0.15, -0.1) is 11.3 Å². The van der Waals surface area contributed by atoms with Crippen molar-refractivity contribution in [2.24, 2.45) is 22.7 Å². The number of ether oxygens (including phenoxy) is 2. The number of fused-ring (bicyclic) bond motifs is 2. The number of alkyl halides is 2. The number of aryl methyl sites for hydroxylation is 1. The molecule has 0 radical (unpaired) electrons. The summed E-state index contributed by atoms with van der Waals surface area (Å²) < 4.78 is 42.1. The van der Waals surface area contributed by atoms with Crippen molar-refractivity contribution in [1.82, 2.24) is 45.4 Å². The highest BCUT2D eigenvalue weighted by atomic mass is 32.1. The lowest BCUT2D eigenvalue weighted by Gasteiger charge is -2.43. The van der Waals surface area contributed by atoms with Crippen LogP contribution in [0.5, 0.6) is 0 Å². The second-order valence-electron chi connectivity index (χ2n) is 21.7. The van der Waals surface area contributed by atoms with Crippen molar-refractivity contribution in [3.8, 4) is 10.4 Å². The second-order valence-corrected chi connectivity index (χ2v) is 22.5. The SMILES string of the molecule is Cc1ncsc1-c1ccc([C@H](C)NC(=O)[C@@H]2C[C@@H](O)CN2C(=O)[C@@H](NC(=O)CCOCCOCCC(=O)N2CC([C@@H](c3ccccc3)n3cc(NC(=O)c4n[nH]c5c4C[C@@H]4C(F)(F)[C@]4(C)C5)cn3)C2)C(C)(C)C)cc1. The number of aromatic amines is 1. The molecule has 2 aliphatic carbocycles. The van der Waals surface area contributed by atoms with E-state index >= 15 is 0 Å². The van der Waals surface area contributed by atoms with Gasteiger partial charge in [0.15, 0.2) is 5.69 Å². The monoisotopic (exact) mass is 1050 g/mol. The molecule has 18 nitrogen and oxygen atoms in total. The van der Waals surface area contributed by atoms with Crippen LogP contribution >= 0.6 is 11.3 Å². The first kappa shape index (κ1) is 53.4. The van der Waals surface area contributed by atoms with Crippen molar-refractivity contribution in [3.05, 3.63) is 106 Å². The maximum Gasteiger partial charge on any atom is 0.276 e. The molecule has 21 heteroatoms. The minimum absolute atomic E-state index is 0.0243. The van der Waals surface area contributed by atoms with Gasteiger partial charge in [-0.25, -0.2) is 13.8 Å². The van der Waals surface area contributed by atoms with E-state index in [0.717, 1.165) is 27.3 Å². The molecule has 9 rings (SSSR count). The minimum atomic E-state index is -2.77. The quantitative estimate of drug-likeness (QED) is 0.0578. The van der Waals surface area contributed by atoms with Crippen LogP contribution in [0.1, 0.15) is 105 Å². The molecular formula is C54H66F2N10O8S. The minimum Gasteiger partial charge on any atom is -0.391 e. The number of thiazole rings is 1. The number of rotatable bonds is 20. The van der Waals surface area contributed by atoms with Crippen molar-refractivity contribution in [2.75, 3.05) is 51.4 Å². The lowest BCUT2D eigenvalue weighted by molar-refractivity contribution is -0.144. The van der Waals surface area contributed by atoms with Gasteiger partial charge in [-0.05, 0) is 42.4 Å². The first-order chi connectivity index (χ1) is 35.7. The Balaban J connectivity index is 0.682. The molecule has 5 amide bonds. The first-order valence-electron chi connectivity index (χ1n) is 25.6. The molecule has 5 aromatic rings. The molecule has 2 aliphatic heterocycles.